The minimum atomic E-state index is -0.800. The Morgan fingerprint density at radius 1 is 1.03 bits per heavy atom. The summed E-state index contributed by atoms with van der Waals surface area (Å²) >= 11 is 0. The number of nitrogens with zero attached hydrogens (tertiary/aromatic N) is 2. The van der Waals surface area contributed by atoms with Gasteiger partial charge in [0.25, 0.3) is 0 Å². The van der Waals surface area contributed by atoms with Crippen molar-refractivity contribution in [3.63, 3.8) is 0 Å². The summed E-state index contributed by atoms with van der Waals surface area (Å²) < 4.78 is 0. The molecule has 1 aromatic carbocycles. The highest BCUT2D eigenvalue weighted by atomic mass is 16.2. The van der Waals surface area contributed by atoms with Crippen molar-refractivity contribution >= 4 is 29.3 Å². The van der Waals surface area contributed by atoms with Crippen LogP contribution in [0.25, 0.3) is 0 Å². The van der Waals surface area contributed by atoms with Crippen LogP contribution in [-0.4, -0.2) is 52.6 Å². The average Bonchev–Trinajstić information content (AvgIpc) is 3.08. The van der Waals surface area contributed by atoms with Crippen LogP contribution in [0.3, 0.4) is 0 Å². The number of imide groups is 1. The van der Waals surface area contributed by atoms with Gasteiger partial charge in [0.1, 0.15) is 6.04 Å². The van der Waals surface area contributed by atoms with E-state index in [-0.39, 0.29) is 47.3 Å². The Morgan fingerprint density at radius 2 is 1.67 bits per heavy atom. The summed E-state index contributed by atoms with van der Waals surface area (Å²) in [5.41, 5.74) is 0.730. The molecular weight excluding hydrogens is 418 g/mol. The molecule has 2 fully saturated rings. The summed E-state index contributed by atoms with van der Waals surface area (Å²) in [6, 6.07) is 8.48. The number of amides is 4. The quantitative estimate of drug-likeness (QED) is 0.531. The molecule has 1 aromatic rings. The normalized spacial score (nSPS) is 25.8. The van der Waals surface area contributed by atoms with E-state index < -0.39 is 6.04 Å². The lowest BCUT2D eigenvalue weighted by molar-refractivity contribution is -0.153. The summed E-state index contributed by atoms with van der Waals surface area (Å²) in [5.74, 6) is -1.64. The molecule has 2 aliphatic heterocycles. The molecule has 2 heterocycles. The molecule has 7 nitrogen and oxygen atoms in total. The van der Waals surface area contributed by atoms with Gasteiger partial charge in [0.15, 0.2) is 0 Å². The fraction of sp³-hybridized carbons (Fsp3) is 0.538. The van der Waals surface area contributed by atoms with Crippen molar-refractivity contribution in [2.75, 3.05) is 18.4 Å². The number of allylic oxidation sites excluding steroid dienone is 2. The van der Waals surface area contributed by atoms with E-state index in [0.29, 0.717) is 45.2 Å². The first kappa shape index (κ1) is 23.2. The maximum atomic E-state index is 13.7. The fourth-order valence-corrected chi connectivity index (χ4v) is 5.26. The molecule has 0 spiro atoms. The van der Waals surface area contributed by atoms with Crippen LogP contribution in [0.1, 0.15) is 46.0 Å². The van der Waals surface area contributed by atoms with Crippen molar-refractivity contribution in [3.8, 4) is 0 Å². The third-order valence-corrected chi connectivity index (χ3v) is 6.98. The van der Waals surface area contributed by atoms with Gasteiger partial charge in [-0.15, -0.1) is 0 Å². The molecule has 1 aliphatic carbocycles. The van der Waals surface area contributed by atoms with Crippen molar-refractivity contribution in [1.29, 1.82) is 0 Å². The molecule has 0 bridgehead atoms. The number of para-hydroxylation sites is 1. The van der Waals surface area contributed by atoms with Crippen LogP contribution in [0.5, 0.6) is 0 Å². The Balaban J connectivity index is 1.49. The van der Waals surface area contributed by atoms with E-state index in [4.69, 9.17) is 0 Å². The number of hydrogen-bond donors (Lipinski definition) is 1. The zero-order valence-electron chi connectivity index (χ0n) is 19.4. The van der Waals surface area contributed by atoms with E-state index in [0.717, 1.165) is 5.69 Å². The van der Waals surface area contributed by atoms with Crippen molar-refractivity contribution in [1.82, 2.24) is 9.80 Å². The van der Waals surface area contributed by atoms with E-state index in [2.05, 4.69) is 5.32 Å². The van der Waals surface area contributed by atoms with Crippen LogP contribution in [0.4, 0.5) is 5.69 Å². The van der Waals surface area contributed by atoms with Crippen LogP contribution in [-0.2, 0) is 19.2 Å². The summed E-state index contributed by atoms with van der Waals surface area (Å²) in [7, 11) is 0. The number of nitrogens with one attached hydrogen (secondary N) is 1. The fourth-order valence-electron chi connectivity index (χ4n) is 5.26. The molecule has 7 heteroatoms. The second-order valence-corrected chi connectivity index (χ2v) is 9.83. The Hall–Kier alpha value is -2.96. The van der Waals surface area contributed by atoms with Crippen molar-refractivity contribution < 1.29 is 19.2 Å². The first-order valence-electron chi connectivity index (χ1n) is 12.0. The summed E-state index contributed by atoms with van der Waals surface area (Å²) in [4.78, 5) is 55.8. The van der Waals surface area contributed by atoms with E-state index in [1.54, 1.807) is 4.90 Å². The molecule has 4 amide bonds. The number of carbonyl (C=O) groups is 4. The number of carbonyl (C=O) groups excluding carboxylic acids is 4. The molecule has 2 saturated heterocycles. The number of piperidine rings is 1. The molecule has 0 aromatic heterocycles. The van der Waals surface area contributed by atoms with Crippen LogP contribution in [0.15, 0.2) is 42.5 Å². The molecule has 0 radical (unpaired) electrons. The predicted octanol–water partition coefficient (Wildman–Crippen LogP) is 3.23. The van der Waals surface area contributed by atoms with Gasteiger partial charge >= 0.3 is 0 Å². The van der Waals surface area contributed by atoms with Gasteiger partial charge in [0.05, 0.1) is 17.8 Å². The topological polar surface area (TPSA) is 86.8 Å². The first-order chi connectivity index (χ1) is 15.9. The van der Waals surface area contributed by atoms with Crippen molar-refractivity contribution in [3.05, 3.63) is 42.5 Å². The first-order valence-corrected chi connectivity index (χ1v) is 12.0. The van der Waals surface area contributed by atoms with Crippen LogP contribution in [0.2, 0.25) is 0 Å². The monoisotopic (exact) mass is 451 g/mol. The molecule has 4 unspecified atom stereocenters. The third-order valence-electron chi connectivity index (χ3n) is 6.98. The van der Waals surface area contributed by atoms with Crippen LogP contribution in [0, 0.1) is 23.7 Å². The Morgan fingerprint density at radius 3 is 2.27 bits per heavy atom. The smallest absolute Gasteiger partial charge is 0.245 e. The number of rotatable bonds is 6. The second-order valence-electron chi connectivity index (χ2n) is 9.83. The summed E-state index contributed by atoms with van der Waals surface area (Å²) in [6.45, 7) is 4.82. The number of benzene rings is 1. The minimum absolute atomic E-state index is 0.107. The molecule has 0 saturated carbocycles. The van der Waals surface area contributed by atoms with Crippen molar-refractivity contribution in [2.24, 2.45) is 23.7 Å². The Kier molecular flexibility index (Phi) is 6.96. The molecule has 3 aliphatic rings. The third kappa shape index (κ3) is 4.87. The van der Waals surface area contributed by atoms with Crippen molar-refractivity contribution in [2.45, 2.75) is 52.0 Å². The number of anilines is 1. The van der Waals surface area contributed by atoms with E-state index in [1.165, 1.54) is 4.90 Å². The Labute approximate surface area is 195 Å². The lowest BCUT2D eigenvalue weighted by atomic mass is 9.85. The van der Waals surface area contributed by atoms with Gasteiger partial charge in [-0.3, -0.25) is 24.1 Å². The van der Waals surface area contributed by atoms with Gasteiger partial charge in [-0.05, 0) is 50.2 Å². The lowest BCUT2D eigenvalue weighted by Gasteiger charge is -2.37. The maximum absolute atomic E-state index is 13.7. The van der Waals surface area contributed by atoms with E-state index in [9.17, 15) is 19.2 Å². The predicted molar refractivity (Wildman–Crippen MR) is 125 cm³/mol. The summed E-state index contributed by atoms with van der Waals surface area (Å²) in [6.07, 6.45) is 6.87. The minimum Gasteiger partial charge on any atom is -0.340 e. The zero-order valence-corrected chi connectivity index (χ0v) is 19.4. The molecule has 176 valence electrons. The van der Waals surface area contributed by atoms with Gasteiger partial charge in [-0.2, -0.15) is 0 Å². The second kappa shape index (κ2) is 9.89. The highest BCUT2D eigenvalue weighted by Crippen LogP contribution is 2.37. The molecule has 4 atom stereocenters. The van der Waals surface area contributed by atoms with Gasteiger partial charge in [-0.1, -0.05) is 44.2 Å². The highest BCUT2D eigenvalue weighted by Gasteiger charge is 2.52. The molecule has 1 N–H and O–H groups in total. The van der Waals surface area contributed by atoms with Gasteiger partial charge in [0, 0.05) is 18.8 Å². The average molecular weight is 452 g/mol. The van der Waals surface area contributed by atoms with Crippen LogP contribution >= 0.6 is 0 Å². The largest absolute Gasteiger partial charge is 0.340 e. The van der Waals surface area contributed by atoms with Crippen LogP contribution < -0.4 is 5.32 Å². The van der Waals surface area contributed by atoms with Gasteiger partial charge in [-0.25, -0.2) is 0 Å². The maximum Gasteiger partial charge on any atom is 0.245 e. The number of likely N-dealkylation sites (tertiary alicyclic amines) is 2. The number of fused-ring (bicyclic) bond motifs is 1. The number of hydrogen-bond acceptors (Lipinski definition) is 4. The van der Waals surface area contributed by atoms with E-state index in [1.807, 2.05) is 56.3 Å². The SMILES string of the molecule is CC(C)CC(C(=O)N1CCCC(C(=O)Nc2ccccc2)C1)N1C(=O)C2CC=CCC2C1=O. The highest BCUT2D eigenvalue weighted by molar-refractivity contribution is 6.08. The lowest BCUT2D eigenvalue weighted by Crippen LogP contribution is -2.54. The molecule has 4 rings (SSSR count). The molecular formula is C26H33N3O4. The standard InChI is InChI=1S/C26H33N3O4/c1-17(2)15-22(29-24(31)20-12-6-7-13-21(20)25(29)32)26(33)28-14-8-9-18(16-28)23(30)27-19-10-4-3-5-11-19/h3-7,10-11,17-18,20-22H,8-9,12-16H2,1-2H3,(H,27,30). The van der Waals surface area contributed by atoms with E-state index >= 15 is 0 Å². The van der Waals surface area contributed by atoms with Gasteiger partial charge in [0.2, 0.25) is 23.6 Å². The van der Waals surface area contributed by atoms with Gasteiger partial charge < -0.3 is 10.2 Å². The molecule has 33 heavy (non-hydrogen) atoms. The zero-order chi connectivity index (χ0) is 23.5. The Bertz CT molecular complexity index is 916. The summed E-state index contributed by atoms with van der Waals surface area (Å²) in [5, 5.41) is 2.93.